The number of rotatable bonds is 2. The molecule has 2 aromatic rings. The summed E-state index contributed by atoms with van der Waals surface area (Å²) in [7, 11) is 0. The maximum atomic E-state index is 13.8. The summed E-state index contributed by atoms with van der Waals surface area (Å²) in [6.45, 7) is 1.52. The number of nitrogens with two attached hydrogens (primary N) is 1. The Labute approximate surface area is 107 Å². The second-order valence-corrected chi connectivity index (χ2v) is 3.96. The van der Waals surface area contributed by atoms with E-state index in [1.807, 2.05) is 0 Å². The lowest BCUT2D eigenvalue weighted by Gasteiger charge is -2.11. The van der Waals surface area contributed by atoms with E-state index in [4.69, 9.17) is 17.3 Å². The van der Waals surface area contributed by atoms with Gasteiger partial charge in [0.05, 0.1) is 0 Å². The number of nitrogens with one attached hydrogen (secondary N) is 1. The Morgan fingerprint density at radius 1 is 1.28 bits per heavy atom. The summed E-state index contributed by atoms with van der Waals surface area (Å²) in [5, 5.41) is 2.49. The zero-order valence-corrected chi connectivity index (χ0v) is 10.1. The van der Waals surface area contributed by atoms with Crippen LogP contribution in [0.4, 0.5) is 26.0 Å². The fourth-order valence-corrected chi connectivity index (χ4v) is 1.50. The van der Waals surface area contributed by atoms with Crippen LogP contribution in [0, 0.1) is 18.6 Å². The standard InChI is InChI=1S/C11H9ClF2N4/c1-5-2-3-6(13)9(7(5)14)18-11-8(15)10(12)16-4-17-11/h2-4H,15H2,1H3,(H,16,17,18). The molecule has 4 nitrogen and oxygen atoms in total. The lowest BCUT2D eigenvalue weighted by molar-refractivity contribution is 0.585. The number of nitrogens with zero attached hydrogens (tertiary/aromatic N) is 2. The summed E-state index contributed by atoms with van der Waals surface area (Å²) >= 11 is 5.69. The molecule has 1 aromatic carbocycles. The Kier molecular flexibility index (Phi) is 3.29. The van der Waals surface area contributed by atoms with Crippen LogP contribution in [0.5, 0.6) is 0 Å². The molecule has 0 atom stereocenters. The Bertz CT molecular complexity index is 604. The van der Waals surface area contributed by atoms with Crippen molar-refractivity contribution in [2.45, 2.75) is 6.92 Å². The molecule has 0 saturated heterocycles. The first kappa shape index (κ1) is 12.5. The number of nitrogen functional groups attached to an aromatic ring is 1. The van der Waals surface area contributed by atoms with E-state index >= 15 is 0 Å². The molecule has 0 spiro atoms. The van der Waals surface area contributed by atoms with E-state index in [9.17, 15) is 8.78 Å². The van der Waals surface area contributed by atoms with Gasteiger partial charge in [-0.3, -0.25) is 0 Å². The van der Waals surface area contributed by atoms with Gasteiger partial charge in [-0.25, -0.2) is 18.7 Å². The molecule has 0 fully saturated rings. The van der Waals surface area contributed by atoms with Crippen molar-refractivity contribution in [3.05, 3.63) is 40.8 Å². The molecule has 0 amide bonds. The maximum absolute atomic E-state index is 13.8. The molecule has 0 unspecified atom stereocenters. The number of halogens is 3. The van der Waals surface area contributed by atoms with E-state index in [2.05, 4.69) is 15.3 Å². The van der Waals surface area contributed by atoms with E-state index in [1.165, 1.54) is 13.0 Å². The topological polar surface area (TPSA) is 63.8 Å². The molecule has 94 valence electrons. The highest BCUT2D eigenvalue weighted by Gasteiger charge is 2.14. The van der Waals surface area contributed by atoms with Gasteiger partial charge in [0, 0.05) is 0 Å². The summed E-state index contributed by atoms with van der Waals surface area (Å²) in [6.07, 6.45) is 1.15. The van der Waals surface area contributed by atoms with Crippen LogP contribution in [0.25, 0.3) is 0 Å². The van der Waals surface area contributed by atoms with Crippen molar-refractivity contribution in [1.29, 1.82) is 0 Å². The molecule has 0 bridgehead atoms. The van der Waals surface area contributed by atoms with Crippen LogP contribution in [0.3, 0.4) is 0 Å². The smallest absolute Gasteiger partial charge is 0.158 e. The molecule has 7 heteroatoms. The van der Waals surface area contributed by atoms with Crippen LogP contribution in [-0.2, 0) is 0 Å². The van der Waals surface area contributed by atoms with Crippen molar-refractivity contribution < 1.29 is 8.78 Å². The first-order valence-corrected chi connectivity index (χ1v) is 5.36. The first-order valence-electron chi connectivity index (χ1n) is 4.98. The van der Waals surface area contributed by atoms with Crippen molar-refractivity contribution in [2.75, 3.05) is 11.1 Å². The van der Waals surface area contributed by atoms with Gasteiger partial charge >= 0.3 is 0 Å². The minimum absolute atomic E-state index is 0.0148. The van der Waals surface area contributed by atoms with Crippen molar-refractivity contribution in [1.82, 2.24) is 9.97 Å². The van der Waals surface area contributed by atoms with E-state index in [-0.39, 0.29) is 22.3 Å². The summed E-state index contributed by atoms with van der Waals surface area (Å²) in [5.41, 5.74) is 5.61. The monoisotopic (exact) mass is 270 g/mol. The van der Waals surface area contributed by atoms with E-state index < -0.39 is 11.6 Å². The number of hydrogen-bond donors (Lipinski definition) is 2. The molecule has 0 radical (unpaired) electrons. The molecule has 3 N–H and O–H groups in total. The number of aromatic nitrogens is 2. The van der Waals surface area contributed by atoms with Gasteiger partial charge in [0.15, 0.2) is 16.8 Å². The van der Waals surface area contributed by atoms with Crippen molar-refractivity contribution in [3.8, 4) is 0 Å². The zero-order chi connectivity index (χ0) is 13.3. The van der Waals surface area contributed by atoms with Crippen LogP contribution in [-0.4, -0.2) is 9.97 Å². The van der Waals surface area contributed by atoms with Gasteiger partial charge in [0.25, 0.3) is 0 Å². The third kappa shape index (κ3) is 2.19. The lowest BCUT2D eigenvalue weighted by atomic mass is 10.2. The van der Waals surface area contributed by atoms with E-state index in [0.717, 1.165) is 12.4 Å². The van der Waals surface area contributed by atoms with Crippen molar-refractivity contribution in [2.24, 2.45) is 0 Å². The van der Waals surface area contributed by atoms with Crippen LogP contribution in [0.1, 0.15) is 5.56 Å². The third-order valence-corrected chi connectivity index (χ3v) is 2.66. The quantitative estimate of drug-likeness (QED) is 0.823. The zero-order valence-electron chi connectivity index (χ0n) is 9.34. The second-order valence-electron chi connectivity index (χ2n) is 3.61. The van der Waals surface area contributed by atoms with Gasteiger partial charge in [-0.1, -0.05) is 17.7 Å². The van der Waals surface area contributed by atoms with Gasteiger partial charge in [-0.05, 0) is 18.6 Å². The summed E-state index contributed by atoms with van der Waals surface area (Å²) in [5.74, 6) is -1.39. The average molecular weight is 271 g/mol. The van der Waals surface area contributed by atoms with E-state index in [0.29, 0.717) is 5.56 Å². The molecule has 1 heterocycles. The minimum atomic E-state index is -0.743. The Hall–Kier alpha value is -1.95. The average Bonchev–Trinajstić information content (AvgIpc) is 2.35. The molecule has 0 aliphatic rings. The highest BCUT2D eigenvalue weighted by molar-refractivity contribution is 6.32. The number of anilines is 3. The third-order valence-electron chi connectivity index (χ3n) is 2.36. The maximum Gasteiger partial charge on any atom is 0.158 e. The number of benzene rings is 1. The lowest BCUT2D eigenvalue weighted by Crippen LogP contribution is -2.05. The van der Waals surface area contributed by atoms with Gasteiger partial charge in [-0.15, -0.1) is 0 Å². The van der Waals surface area contributed by atoms with Crippen LogP contribution in [0.2, 0.25) is 5.15 Å². The van der Waals surface area contributed by atoms with Crippen LogP contribution >= 0.6 is 11.6 Å². The normalized spacial score (nSPS) is 10.4. The van der Waals surface area contributed by atoms with Crippen molar-refractivity contribution >= 4 is 28.8 Å². The largest absolute Gasteiger partial charge is 0.393 e. The molecule has 2 rings (SSSR count). The summed E-state index contributed by atoms with van der Waals surface area (Å²) in [4.78, 5) is 7.43. The SMILES string of the molecule is Cc1ccc(F)c(Nc2ncnc(Cl)c2N)c1F. The highest BCUT2D eigenvalue weighted by Crippen LogP contribution is 2.29. The fraction of sp³-hybridized carbons (Fsp3) is 0.0909. The van der Waals surface area contributed by atoms with E-state index in [1.54, 1.807) is 0 Å². The second kappa shape index (κ2) is 4.73. The predicted octanol–water partition coefficient (Wildman–Crippen LogP) is 3.04. The molecule has 0 aliphatic carbocycles. The molecular formula is C11H9ClF2N4. The predicted molar refractivity (Wildman–Crippen MR) is 65.8 cm³/mol. The highest BCUT2D eigenvalue weighted by atomic mass is 35.5. The molecule has 18 heavy (non-hydrogen) atoms. The number of aryl methyl sites for hydroxylation is 1. The molecule has 0 aliphatic heterocycles. The number of hydrogen-bond acceptors (Lipinski definition) is 4. The minimum Gasteiger partial charge on any atom is -0.393 e. The van der Waals surface area contributed by atoms with Gasteiger partial charge in [0.2, 0.25) is 0 Å². The first-order chi connectivity index (χ1) is 8.50. The fourth-order valence-electron chi connectivity index (χ4n) is 1.36. The Morgan fingerprint density at radius 2 is 2.00 bits per heavy atom. The summed E-state index contributed by atoms with van der Waals surface area (Å²) < 4.78 is 27.3. The van der Waals surface area contributed by atoms with Gasteiger partial charge in [-0.2, -0.15) is 0 Å². The summed E-state index contributed by atoms with van der Waals surface area (Å²) in [6, 6.07) is 2.49. The molecular weight excluding hydrogens is 262 g/mol. The van der Waals surface area contributed by atoms with Gasteiger partial charge < -0.3 is 11.1 Å². The van der Waals surface area contributed by atoms with Gasteiger partial charge in [0.1, 0.15) is 23.5 Å². The van der Waals surface area contributed by atoms with Crippen molar-refractivity contribution in [3.63, 3.8) is 0 Å². The van der Waals surface area contributed by atoms with Crippen LogP contribution < -0.4 is 11.1 Å². The molecule has 0 saturated carbocycles. The Balaban J connectivity index is 2.46. The Morgan fingerprint density at radius 3 is 2.72 bits per heavy atom. The van der Waals surface area contributed by atoms with Crippen LogP contribution in [0.15, 0.2) is 18.5 Å². The molecule has 1 aromatic heterocycles.